The van der Waals surface area contributed by atoms with Crippen LogP contribution >= 0.6 is 12.2 Å². The highest BCUT2D eigenvalue weighted by Gasteiger charge is 2.09. The van der Waals surface area contributed by atoms with Gasteiger partial charge < -0.3 is 5.32 Å². The van der Waals surface area contributed by atoms with Crippen molar-refractivity contribution in [2.75, 3.05) is 5.32 Å². The molecule has 5 heteroatoms. The zero-order valence-electron chi connectivity index (χ0n) is 11.4. The lowest BCUT2D eigenvalue weighted by molar-refractivity contribution is 0.0977. The third kappa shape index (κ3) is 3.88. The first kappa shape index (κ1) is 14.7. The maximum atomic E-state index is 12.0. The second-order valence-electron chi connectivity index (χ2n) is 4.44. The number of carbonyl (C=O) groups excluding carboxylic acids is 1. The molecule has 0 atom stereocenters. The van der Waals surface area contributed by atoms with Crippen LogP contribution in [-0.2, 0) is 0 Å². The monoisotopic (exact) mass is 295 g/mol. The summed E-state index contributed by atoms with van der Waals surface area (Å²) in [6.45, 7) is 1.91. The summed E-state index contributed by atoms with van der Waals surface area (Å²) in [6, 6.07) is 16.2. The molecule has 0 bridgehead atoms. The molecule has 21 heavy (non-hydrogen) atoms. The molecule has 0 aromatic heterocycles. The van der Waals surface area contributed by atoms with Crippen LogP contribution in [0.25, 0.3) is 0 Å². The fourth-order valence-corrected chi connectivity index (χ4v) is 1.98. The normalized spacial score (nSPS) is 9.52. The Kier molecular flexibility index (Phi) is 4.64. The number of thiocarbonyl (C=S) groups is 1. The number of nitrogens with zero attached hydrogens (tertiary/aromatic N) is 1. The number of hydrogen-bond donors (Lipinski definition) is 2. The van der Waals surface area contributed by atoms with Gasteiger partial charge in [-0.25, -0.2) is 0 Å². The summed E-state index contributed by atoms with van der Waals surface area (Å²) >= 11 is 5.11. The standard InChI is InChI=1S/C16H13N3OS/c1-11-7-8-13(10-17)14(9-11)18-16(21)19-15(20)12-5-3-2-4-6-12/h2-9H,1H3,(H2,18,19,20,21). The number of aryl methyl sites for hydroxylation is 1. The lowest BCUT2D eigenvalue weighted by Gasteiger charge is -2.11. The van der Waals surface area contributed by atoms with E-state index in [1.165, 1.54) is 0 Å². The van der Waals surface area contributed by atoms with Crippen LogP contribution in [-0.4, -0.2) is 11.0 Å². The maximum absolute atomic E-state index is 12.0. The predicted molar refractivity (Wildman–Crippen MR) is 86.0 cm³/mol. The van der Waals surface area contributed by atoms with Gasteiger partial charge in [-0.05, 0) is 49.0 Å². The number of hydrogen-bond acceptors (Lipinski definition) is 3. The predicted octanol–water partition coefficient (Wildman–Crippen LogP) is 2.99. The molecule has 2 rings (SSSR count). The smallest absolute Gasteiger partial charge is 0.257 e. The van der Waals surface area contributed by atoms with Gasteiger partial charge in [-0.2, -0.15) is 5.26 Å². The van der Waals surface area contributed by atoms with E-state index < -0.39 is 0 Å². The minimum Gasteiger partial charge on any atom is -0.331 e. The molecule has 0 spiro atoms. The van der Waals surface area contributed by atoms with Crippen LogP contribution in [0.4, 0.5) is 5.69 Å². The minimum atomic E-state index is -0.292. The molecule has 0 aliphatic rings. The van der Waals surface area contributed by atoms with Gasteiger partial charge >= 0.3 is 0 Å². The first-order valence-corrected chi connectivity index (χ1v) is 6.69. The molecule has 2 aromatic rings. The Morgan fingerprint density at radius 3 is 2.57 bits per heavy atom. The molecular weight excluding hydrogens is 282 g/mol. The molecule has 104 valence electrons. The Morgan fingerprint density at radius 2 is 1.90 bits per heavy atom. The van der Waals surface area contributed by atoms with E-state index in [1.54, 1.807) is 36.4 Å². The van der Waals surface area contributed by atoms with Crippen molar-refractivity contribution in [1.82, 2.24) is 5.32 Å². The molecule has 0 unspecified atom stereocenters. The van der Waals surface area contributed by atoms with Crippen molar-refractivity contribution in [3.63, 3.8) is 0 Å². The summed E-state index contributed by atoms with van der Waals surface area (Å²) in [7, 11) is 0. The lowest BCUT2D eigenvalue weighted by Crippen LogP contribution is -2.34. The van der Waals surface area contributed by atoms with Gasteiger partial charge in [-0.1, -0.05) is 24.3 Å². The fraction of sp³-hybridized carbons (Fsp3) is 0.0625. The van der Waals surface area contributed by atoms with Crippen LogP contribution in [0.1, 0.15) is 21.5 Å². The zero-order valence-corrected chi connectivity index (χ0v) is 12.2. The van der Waals surface area contributed by atoms with Crippen molar-refractivity contribution in [2.45, 2.75) is 6.92 Å². The third-order valence-corrected chi connectivity index (χ3v) is 3.01. The fourth-order valence-electron chi connectivity index (χ4n) is 1.78. The van der Waals surface area contributed by atoms with Gasteiger partial charge in [-0.3, -0.25) is 10.1 Å². The number of nitrogens with one attached hydrogen (secondary N) is 2. The first-order chi connectivity index (χ1) is 10.1. The molecule has 4 nitrogen and oxygen atoms in total. The summed E-state index contributed by atoms with van der Waals surface area (Å²) in [6.07, 6.45) is 0. The Hall–Kier alpha value is -2.71. The summed E-state index contributed by atoms with van der Waals surface area (Å²) in [5.74, 6) is -0.292. The van der Waals surface area contributed by atoms with Crippen LogP contribution in [0, 0.1) is 18.3 Å². The van der Waals surface area contributed by atoms with Crippen LogP contribution in [0.2, 0.25) is 0 Å². The number of rotatable bonds is 2. The summed E-state index contributed by atoms with van der Waals surface area (Å²) in [4.78, 5) is 12.0. The van der Waals surface area contributed by atoms with Crippen molar-refractivity contribution < 1.29 is 4.79 Å². The van der Waals surface area contributed by atoms with Crippen molar-refractivity contribution >= 4 is 28.9 Å². The van der Waals surface area contributed by atoms with Gasteiger partial charge in [0.05, 0.1) is 11.3 Å². The molecule has 2 aromatic carbocycles. The van der Waals surface area contributed by atoms with Crippen molar-refractivity contribution in [1.29, 1.82) is 5.26 Å². The number of amides is 1. The third-order valence-electron chi connectivity index (χ3n) is 2.81. The van der Waals surface area contributed by atoms with E-state index in [2.05, 4.69) is 16.7 Å². The SMILES string of the molecule is Cc1ccc(C#N)c(NC(=S)NC(=O)c2ccccc2)c1. The molecule has 0 aliphatic carbocycles. The molecule has 2 N–H and O–H groups in total. The lowest BCUT2D eigenvalue weighted by atomic mass is 10.1. The van der Waals surface area contributed by atoms with Gasteiger partial charge in [0.1, 0.15) is 6.07 Å². The van der Waals surface area contributed by atoms with Crippen molar-refractivity contribution in [2.24, 2.45) is 0 Å². The van der Waals surface area contributed by atoms with Crippen LogP contribution in [0.5, 0.6) is 0 Å². The van der Waals surface area contributed by atoms with Gasteiger partial charge in [0.2, 0.25) is 0 Å². The van der Waals surface area contributed by atoms with Crippen LogP contribution < -0.4 is 10.6 Å². The molecule has 0 aliphatic heterocycles. The van der Waals surface area contributed by atoms with Gasteiger partial charge in [0.15, 0.2) is 5.11 Å². The van der Waals surface area contributed by atoms with Crippen molar-refractivity contribution in [3.05, 3.63) is 65.2 Å². The Morgan fingerprint density at radius 1 is 1.19 bits per heavy atom. The van der Waals surface area contributed by atoms with Gasteiger partial charge in [0, 0.05) is 5.56 Å². The Balaban J connectivity index is 2.08. The molecule has 0 radical (unpaired) electrons. The number of carbonyl (C=O) groups is 1. The van der Waals surface area contributed by atoms with E-state index in [9.17, 15) is 4.79 Å². The van der Waals surface area contributed by atoms with E-state index >= 15 is 0 Å². The van der Waals surface area contributed by atoms with E-state index in [4.69, 9.17) is 17.5 Å². The highest BCUT2D eigenvalue weighted by Crippen LogP contribution is 2.16. The van der Waals surface area contributed by atoms with Crippen LogP contribution in [0.3, 0.4) is 0 Å². The molecule has 0 heterocycles. The van der Waals surface area contributed by atoms with Gasteiger partial charge in [-0.15, -0.1) is 0 Å². The van der Waals surface area contributed by atoms with E-state index in [0.717, 1.165) is 5.56 Å². The summed E-state index contributed by atoms with van der Waals surface area (Å²) < 4.78 is 0. The quantitative estimate of drug-likeness (QED) is 0.836. The zero-order chi connectivity index (χ0) is 15.2. The molecular formula is C16H13N3OS. The second kappa shape index (κ2) is 6.64. The summed E-state index contributed by atoms with van der Waals surface area (Å²) in [5, 5.41) is 14.7. The summed E-state index contributed by atoms with van der Waals surface area (Å²) in [5.41, 5.74) is 2.56. The topological polar surface area (TPSA) is 64.9 Å². The highest BCUT2D eigenvalue weighted by molar-refractivity contribution is 7.80. The maximum Gasteiger partial charge on any atom is 0.257 e. The number of nitriles is 1. The Labute approximate surface area is 128 Å². The van der Waals surface area contributed by atoms with Crippen molar-refractivity contribution in [3.8, 4) is 6.07 Å². The molecule has 0 saturated carbocycles. The van der Waals surface area contributed by atoms with Crippen LogP contribution in [0.15, 0.2) is 48.5 Å². The largest absolute Gasteiger partial charge is 0.331 e. The number of anilines is 1. The average molecular weight is 295 g/mol. The molecule has 0 fully saturated rings. The van der Waals surface area contributed by atoms with E-state index in [-0.39, 0.29) is 11.0 Å². The van der Waals surface area contributed by atoms with E-state index in [0.29, 0.717) is 16.8 Å². The second-order valence-corrected chi connectivity index (χ2v) is 4.84. The molecule has 1 amide bonds. The average Bonchev–Trinajstić information content (AvgIpc) is 2.48. The Bertz CT molecular complexity index is 720. The number of benzene rings is 2. The first-order valence-electron chi connectivity index (χ1n) is 6.28. The van der Waals surface area contributed by atoms with E-state index in [1.807, 2.05) is 19.1 Å². The highest BCUT2D eigenvalue weighted by atomic mass is 32.1. The van der Waals surface area contributed by atoms with Gasteiger partial charge in [0.25, 0.3) is 5.91 Å². The minimum absolute atomic E-state index is 0.158. The molecule has 0 saturated heterocycles.